The predicted molar refractivity (Wildman–Crippen MR) is 214 cm³/mol. The normalized spacial score (nSPS) is 21.5. The molecule has 10 rings (SSSR count). The number of H-pyrrole nitrogens is 1. The van der Waals surface area contributed by atoms with Crippen LogP contribution >= 0.6 is 11.6 Å². The van der Waals surface area contributed by atoms with E-state index in [0.717, 1.165) is 58.1 Å². The molecule has 57 heavy (non-hydrogen) atoms. The molecule has 4 unspecified atom stereocenters. The lowest BCUT2D eigenvalue weighted by Gasteiger charge is -2.30. The number of ether oxygens (including phenoxy) is 1. The van der Waals surface area contributed by atoms with Crippen LogP contribution in [0.15, 0.2) is 63.4 Å². The van der Waals surface area contributed by atoms with Crippen molar-refractivity contribution in [3.8, 4) is 45.5 Å². The van der Waals surface area contributed by atoms with Crippen LogP contribution in [0.3, 0.4) is 0 Å². The fourth-order valence-electron chi connectivity index (χ4n) is 9.06. The standard InChI is InChI=1S/C44H43ClN6O6/c1-19(2)32(46)41(54)48-28-17-21-14-15-29(52)26(16-21)44-18-55-36-24(11-6-12-25(36)44)23-10-7-13-27-30(23)31(34(47-27)22-8-5-9-22)37-39(45)51-43(56-37)35-38(44)57-42(50-35)33(20(3)4)49-40(28)53/h6-7,10-16,19-20,22,28,32-33,47,52H,5,8-9,17-18,46H2,1-4H3,(H,48,54)(H,49,53). The van der Waals surface area contributed by atoms with Crippen molar-refractivity contribution in [2.45, 2.75) is 82.8 Å². The lowest BCUT2D eigenvalue weighted by molar-refractivity contribution is -0.130. The third-order valence-electron chi connectivity index (χ3n) is 12.5. The zero-order valence-electron chi connectivity index (χ0n) is 32.0. The van der Waals surface area contributed by atoms with Crippen LogP contribution in [0, 0.1) is 11.8 Å². The van der Waals surface area contributed by atoms with Crippen molar-refractivity contribution < 1.29 is 28.3 Å². The topological polar surface area (TPSA) is 182 Å². The summed E-state index contributed by atoms with van der Waals surface area (Å²) in [4.78, 5) is 41.3. The molecular formula is C44H43ClN6O6. The van der Waals surface area contributed by atoms with Crippen molar-refractivity contribution in [3.63, 3.8) is 0 Å². The van der Waals surface area contributed by atoms with Crippen molar-refractivity contribution in [1.29, 1.82) is 0 Å². The van der Waals surface area contributed by atoms with Gasteiger partial charge in [-0.2, -0.15) is 4.98 Å². The molecule has 0 radical (unpaired) electrons. The van der Waals surface area contributed by atoms with Gasteiger partial charge in [-0.25, -0.2) is 4.98 Å². The average molecular weight is 787 g/mol. The second-order valence-electron chi connectivity index (χ2n) is 16.6. The zero-order valence-corrected chi connectivity index (χ0v) is 32.8. The molecule has 4 atom stereocenters. The van der Waals surface area contributed by atoms with Crippen LogP contribution in [0.5, 0.6) is 11.5 Å². The molecule has 1 saturated carbocycles. The van der Waals surface area contributed by atoms with Gasteiger partial charge in [0.05, 0.1) is 11.6 Å². The second-order valence-corrected chi connectivity index (χ2v) is 17.0. The summed E-state index contributed by atoms with van der Waals surface area (Å²) in [5, 5.41) is 19.1. The van der Waals surface area contributed by atoms with Crippen LogP contribution in [-0.2, 0) is 21.4 Å². The van der Waals surface area contributed by atoms with Gasteiger partial charge < -0.3 is 40.0 Å². The Labute approximate surface area is 333 Å². The van der Waals surface area contributed by atoms with E-state index in [1.165, 1.54) is 0 Å². The first-order valence-corrected chi connectivity index (χ1v) is 20.1. The molecule has 6 heterocycles. The quantitative estimate of drug-likeness (QED) is 0.117. The summed E-state index contributed by atoms with van der Waals surface area (Å²) in [6, 6.07) is 14.8. The Hall–Kier alpha value is -5.59. The van der Waals surface area contributed by atoms with E-state index in [1.807, 2.05) is 58.0 Å². The number of nitrogens with two attached hydrogens (primary N) is 1. The summed E-state index contributed by atoms with van der Waals surface area (Å²) in [5.74, 6) is 0.734. The number of fused-ring (bicyclic) bond motifs is 8. The summed E-state index contributed by atoms with van der Waals surface area (Å²) < 4.78 is 20.6. The molecule has 10 bridgehead atoms. The molecule has 0 saturated heterocycles. The van der Waals surface area contributed by atoms with Crippen molar-refractivity contribution in [1.82, 2.24) is 25.6 Å². The van der Waals surface area contributed by atoms with Crippen molar-refractivity contribution in [3.05, 3.63) is 93.8 Å². The molecule has 1 spiro atoms. The second kappa shape index (κ2) is 13.0. The number of hydrogen-bond acceptors (Lipinski definition) is 9. The van der Waals surface area contributed by atoms with E-state index in [1.54, 1.807) is 12.1 Å². The highest BCUT2D eigenvalue weighted by molar-refractivity contribution is 6.32. The Balaban J connectivity index is 1.29. The molecule has 1 aliphatic carbocycles. The van der Waals surface area contributed by atoms with Gasteiger partial charge in [0.15, 0.2) is 22.4 Å². The highest BCUT2D eigenvalue weighted by atomic mass is 35.5. The number of aromatic nitrogens is 3. The maximum Gasteiger partial charge on any atom is 0.250 e. The maximum absolute atomic E-state index is 14.3. The van der Waals surface area contributed by atoms with E-state index in [9.17, 15) is 14.7 Å². The molecule has 3 aliphatic heterocycles. The molecular weight excluding hydrogens is 744 g/mol. The third-order valence-corrected chi connectivity index (χ3v) is 12.7. The van der Waals surface area contributed by atoms with Gasteiger partial charge >= 0.3 is 0 Å². The minimum atomic E-state index is -1.29. The van der Waals surface area contributed by atoms with Gasteiger partial charge in [0.1, 0.15) is 35.6 Å². The molecule has 3 aromatic carbocycles. The minimum absolute atomic E-state index is 0.0211. The SMILES string of the molecule is CC(C)C(N)C(=O)NC1Cc2ccc(O)c(c2)C23COc4c(cccc42)-c2cccc4[nH]c(C5CCC5)c(c24)-c2oc(nc2Cl)-c2nc(oc23)C(C(C)C)NC1=O. The molecule has 2 amide bonds. The Morgan fingerprint density at radius 1 is 1.04 bits per heavy atom. The monoisotopic (exact) mass is 786 g/mol. The lowest BCUT2D eigenvalue weighted by atomic mass is 9.71. The van der Waals surface area contributed by atoms with Gasteiger partial charge in [-0.1, -0.05) is 88.2 Å². The van der Waals surface area contributed by atoms with E-state index >= 15 is 0 Å². The predicted octanol–water partition coefficient (Wildman–Crippen LogP) is 7.65. The fourth-order valence-corrected chi connectivity index (χ4v) is 9.27. The van der Waals surface area contributed by atoms with Crippen LogP contribution in [0.4, 0.5) is 0 Å². The van der Waals surface area contributed by atoms with Gasteiger partial charge in [0.2, 0.25) is 17.7 Å². The Bertz CT molecular complexity index is 2640. The third kappa shape index (κ3) is 5.29. The first kappa shape index (κ1) is 35.8. The first-order chi connectivity index (χ1) is 27.4. The number of carbonyl (C=O) groups excluding carboxylic acids is 2. The van der Waals surface area contributed by atoms with Crippen molar-refractivity contribution >= 4 is 34.3 Å². The van der Waals surface area contributed by atoms with E-state index in [2.05, 4.69) is 27.8 Å². The molecule has 12 nitrogen and oxygen atoms in total. The smallest absolute Gasteiger partial charge is 0.250 e. The van der Waals surface area contributed by atoms with Gasteiger partial charge in [0, 0.05) is 39.7 Å². The zero-order chi connectivity index (χ0) is 39.5. The number of rotatable bonds is 5. The highest BCUT2D eigenvalue weighted by Crippen LogP contribution is 2.58. The van der Waals surface area contributed by atoms with E-state index in [0.29, 0.717) is 34.3 Å². The van der Waals surface area contributed by atoms with Crippen LogP contribution in [-0.4, -0.2) is 50.6 Å². The Morgan fingerprint density at radius 2 is 1.82 bits per heavy atom. The average Bonchev–Trinajstić information content (AvgIpc) is 3.95. The van der Waals surface area contributed by atoms with Crippen molar-refractivity contribution in [2.75, 3.05) is 6.61 Å². The van der Waals surface area contributed by atoms with Gasteiger partial charge in [-0.3, -0.25) is 9.59 Å². The fraction of sp³-hybridized carbons (Fsp3) is 0.364. The number of aromatic hydroxyl groups is 1. The van der Waals surface area contributed by atoms with E-state index < -0.39 is 35.4 Å². The van der Waals surface area contributed by atoms with Crippen LogP contribution in [0.2, 0.25) is 5.15 Å². The van der Waals surface area contributed by atoms with E-state index in [-0.39, 0.29) is 53.2 Å². The number of hydrogen-bond donors (Lipinski definition) is 5. The summed E-state index contributed by atoms with van der Waals surface area (Å²) in [6.07, 6.45) is 3.33. The number of phenolic OH excluding ortho intramolecular Hbond substituents is 1. The number of nitrogens with one attached hydrogen (secondary N) is 3. The van der Waals surface area contributed by atoms with Crippen molar-refractivity contribution in [2.24, 2.45) is 17.6 Å². The summed E-state index contributed by atoms with van der Waals surface area (Å²) >= 11 is 7.14. The number of oxazole rings is 2. The molecule has 3 aromatic heterocycles. The number of para-hydroxylation sites is 1. The number of benzene rings is 3. The number of phenols is 1. The number of nitrogens with zero attached hydrogens (tertiary/aromatic N) is 2. The summed E-state index contributed by atoms with van der Waals surface area (Å²) in [6.45, 7) is 7.64. The molecule has 4 aliphatic rings. The molecule has 1 fully saturated rings. The van der Waals surface area contributed by atoms with Crippen LogP contribution in [0.25, 0.3) is 44.9 Å². The van der Waals surface area contributed by atoms with Crippen LogP contribution in [0.1, 0.15) is 93.0 Å². The molecule has 292 valence electrons. The number of carbonyl (C=O) groups is 2. The van der Waals surface area contributed by atoms with Crippen LogP contribution < -0.4 is 21.1 Å². The molecule has 6 aromatic rings. The first-order valence-electron chi connectivity index (χ1n) is 19.7. The Kier molecular flexibility index (Phi) is 8.15. The highest BCUT2D eigenvalue weighted by Gasteiger charge is 2.53. The number of aromatic amines is 1. The number of amides is 2. The maximum atomic E-state index is 14.3. The molecule has 13 heteroatoms. The Morgan fingerprint density at radius 3 is 2.58 bits per heavy atom. The summed E-state index contributed by atoms with van der Waals surface area (Å²) in [5.41, 5.74) is 11.8. The lowest BCUT2D eigenvalue weighted by Crippen LogP contribution is -2.54. The number of halogens is 1. The largest absolute Gasteiger partial charge is 0.508 e. The van der Waals surface area contributed by atoms with Gasteiger partial charge in [-0.15, -0.1) is 0 Å². The van der Waals surface area contributed by atoms with Gasteiger partial charge in [0.25, 0.3) is 5.89 Å². The van der Waals surface area contributed by atoms with Gasteiger partial charge in [-0.05, 0) is 53.9 Å². The summed E-state index contributed by atoms with van der Waals surface area (Å²) in [7, 11) is 0. The van der Waals surface area contributed by atoms with E-state index in [4.69, 9.17) is 40.9 Å². The molecule has 6 N–H and O–H groups in total. The minimum Gasteiger partial charge on any atom is -0.508 e.